The van der Waals surface area contributed by atoms with Gasteiger partial charge in [-0.05, 0) is 34.1 Å². The molecule has 2 nitrogen and oxygen atoms in total. The lowest BCUT2D eigenvalue weighted by atomic mass is 10.2. The number of nitriles is 1. The van der Waals surface area contributed by atoms with Gasteiger partial charge in [-0.2, -0.15) is 5.26 Å². The van der Waals surface area contributed by atoms with E-state index < -0.39 is 0 Å². The molecule has 0 bridgehead atoms. The van der Waals surface area contributed by atoms with Crippen LogP contribution in [0.5, 0.6) is 0 Å². The van der Waals surface area contributed by atoms with E-state index in [0.717, 1.165) is 12.1 Å². The van der Waals surface area contributed by atoms with Gasteiger partial charge in [0.05, 0.1) is 17.1 Å². The zero-order valence-corrected chi connectivity index (χ0v) is 10.1. The quantitative estimate of drug-likeness (QED) is 0.787. The number of nitrogens with zero attached hydrogens (tertiary/aromatic N) is 2. The number of rotatable bonds is 4. The normalized spacial score (nSPS) is 10.3. The van der Waals surface area contributed by atoms with Crippen LogP contribution >= 0.6 is 15.9 Å². The van der Waals surface area contributed by atoms with Gasteiger partial charge in [-0.1, -0.05) is 19.1 Å². The average molecular weight is 271 g/mol. The molecule has 1 aromatic carbocycles. The first-order chi connectivity index (χ1) is 7.19. The fourth-order valence-corrected chi connectivity index (χ4v) is 1.68. The van der Waals surface area contributed by atoms with Crippen molar-refractivity contribution in [2.45, 2.75) is 13.5 Å². The van der Waals surface area contributed by atoms with Crippen molar-refractivity contribution >= 4 is 15.9 Å². The summed E-state index contributed by atoms with van der Waals surface area (Å²) in [4.78, 5) is 1.94. The third-order valence-corrected chi connectivity index (χ3v) is 3.06. The van der Waals surface area contributed by atoms with Crippen LogP contribution < -0.4 is 0 Å². The van der Waals surface area contributed by atoms with Crippen molar-refractivity contribution in [2.24, 2.45) is 0 Å². The fourth-order valence-electron chi connectivity index (χ4n) is 1.29. The summed E-state index contributed by atoms with van der Waals surface area (Å²) in [5.74, 6) is -0.263. The third kappa shape index (κ3) is 3.29. The van der Waals surface area contributed by atoms with Crippen LogP contribution in [0.3, 0.4) is 0 Å². The molecule has 0 aliphatic heterocycles. The van der Waals surface area contributed by atoms with Crippen LogP contribution in [0.15, 0.2) is 22.7 Å². The molecule has 0 heterocycles. The van der Waals surface area contributed by atoms with Crippen LogP contribution in [0.2, 0.25) is 0 Å². The second-order valence-corrected chi connectivity index (χ2v) is 3.97. The summed E-state index contributed by atoms with van der Waals surface area (Å²) in [7, 11) is 0. The molecule has 1 aromatic rings. The van der Waals surface area contributed by atoms with Crippen LogP contribution in [0.4, 0.5) is 4.39 Å². The Balaban J connectivity index is 2.80. The molecule has 0 atom stereocenters. The van der Waals surface area contributed by atoms with Crippen molar-refractivity contribution in [3.05, 3.63) is 34.1 Å². The maximum absolute atomic E-state index is 13.2. The van der Waals surface area contributed by atoms with Gasteiger partial charge in [-0.15, -0.1) is 0 Å². The van der Waals surface area contributed by atoms with Gasteiger partial charge in [0.2, 0.25) is 0 Å². The molecule has 0 aliphatic carbocycles. The number of hydrogen-bond acceptors (Lipinski definition) is 2. The second kappa shape index (κ2) is 5.84. The average Bonchev–Trinajstić information content (AvgIpc) is 2.24. The maximum atomic E-state index is 13.2. The van der Waals surface area contributed by atoms with Crippen molar-refractivity contribution in [1.82, 2.24) is 4.90 Å². The van der Waals surface area contributed by atoms with Crippen molar-refractivity contribution in [3.63, 3.8) is 0 Å². The van der Waals surface area contributed by atoms with E-state index in [1.807, 2.05) is 17.9 Å². The molecule has 0 unspecified atom stereocenters. The second-order valence-electron chi connectivity index (χ2n) is 3.17. The smallest absolute Gasteiger partial charge is 0.137 e. The minimum Gasteiger partial charge on any atom is -0.287 e. The highest BCUT2D eigenvalue weighted by molar-refractivity contribution is 9.10. The van der Waals surface area contributed by atoms with Crippen LogP contribution in [0.1, 0.15) is 12.5 Å². The molecule has 0 aromatic heterocycles. The Morgan fingerprint density at radius 1 is 1.53 bits per heavy atom. The van der Waals surface area contributed by atoms with E-state index in [1.54, 1.807) is 6.07 Å². The molecule has 15 heavy (non-hydrogen) atoms. The maximum Gasteiger partial charge on any atom is 0.137 e. The predicted octanol–water partition coefficient (Wildman–Crippen LogP) is 2.93. The summed E-state index contributed by atoms with van der Waals surface area (Å²) >= 11 is 3.20. The van der Waals surface area contributed by atoms with E-state index >= 15 is 0 Å². The molecule has 0 saturated carbocycles. The van der Waals surface area contributed by atoms with Crippen molar-refractivity contribution in [3.8, 4) is 6.07 Å². The Kier molecular flexibility index (Phi) is 4.73. The van der Waals surface area contributed by atoms with Crippen molar-refractivity contribution in [1.29, 1.82) is 5.26 Å². The Hall–Kier alpha value is -0.920. The van der Waals surface area contributed by atoms with Crippen molar-refractivity contribution in [2.75, 3.05) is 13.1 Å². The van der Waals surface area contributed by atoms with Crippen LogP contribution in [-0.2, 0) is 6.54 Å². The summed E-state index contributed by atoms with van der Waals surface area (Å²) in [5.41, 5.74) is 0.868. The molecule has 1 rings (SSSR count). The molecule has 0 saturated heterocycles. The van der Waals surface area contributed by atoms with E-state index in [9.17, 15) is 4.39 Å². The molecule has 0 spiro atoms. The lowest BCUT2D eigenvalue weighted by Gasteiger charge is -2.17. The molecule has 0 radical (unpaired) electrons. The molecule has 0 aliphatic rings. The van der Waals surface area contributed by atoms with Crippen LogP contribution in [0.25, 0.3) is 0 Å². The summed E-state index contributed by atoms with van der Waals surface area (Å²) in [6.45, 7) is 3.70. The lowest BCUT2D eigenvalue weighted by molar-refractivity contribution is 0.313. The van der Waals surface area contributed by atoms with Crippen LogP contribution in [0, 0.1) is 17.1 Å². The van der Waals surface area contributed by atoms with Gasteiger partial charge in [-0.25, -0.2) is 4.39 Å². The molecule has 4 heteroatoms. The number of benzene rings is 1. The van der Waals surface area contributed by atoms with E-state index in [2.05, 4.69) is 22.0 Å². The highest BCUT2D eigenvalue weighted by Gasteiger charge is 2.08. The van der Waals surface area contributed by atoms with Gasteiger partial charge >= 0.3 is 0 Å². The number of hydrogen-bond donors (Lipinski definition) is 0. The molecular weight excluding hydrogens is 259 g/mol. The first-order valence-electron chi connectivity index (χ1n) is 4.71. The Morgan fingerprint density at radius 3 is 2.87 bits per heavy atom. The highest BCUT2D eigenvalue weighted by Crippen LogP contribution is 2.21. The Labute approximate surface area is 97.4 Å². The Morgan fingerprint density at radius 2 is 2.27 bits per heavy atom. The first-order valence-corrected chi connectivity index (χ1v) is 5.50. The van der Waals surface area contributed by atoms with E-state index in [4.69, 9.17) is 5.26 Å². The number of halogens is 2. The summed E-state index contributed by atoms with van der Waals surface area (Å²) in [6, 6.07) is 7.03. The predicted molar refractivity (Wildman–Crippen MR) is 60.7 cm³/mol. The molecule has 0 N–H and O–H groups in total. The van der Waals surface area contributed by atoms with Gasteiger partial charge in [0.15, 0.2) is 0 Å². The molecule has 0 amide bonds. The molecule has 0 fully saturated rings. The highest BCUT2D eigenvalue weighted by atomic mass is 79.9. The third-order valence-electron chi connectivity index (χ3n) is 2.17. The largest absolute Gasteiger partial charge is 0.287 e. The van der Waals surface area contributed by atoms with E-state index in [0.29, 0.717) is 17.6 Å². The SMILES string of the molecule is CCN(CC#N)Cc1cccc(F)c1Br. The van der Waals surface area contributed by atoms with Crippen LogP contribution in [-0.4, -0.2) is 18.0 Å². The summed E-state index contributed by atoms with van der Waals surface area (Å²) in [5, 5.41) is 8.59. The zero-order chi connectivity index (χ0) is 11.3. The van der Waals surface area contributed by atoms with Gasteiger partial charge in [0.1, 0.15) is 5.82 Å². The first kappa shape index (κ1) is 12.2. The fraction of sp³-hybridized carbons (Fsp3) is 0.364. The zero-order valence-electron chi connectivity index (χ0n) is 8.50. The summed E-state index contributed by atoms with van der Waals surface area (Å²) < 4.78 is 13.7. The van der Waals surface area contributed by atoms with Gasteiger partial charge in [-0.3, -0.25) is 4.90 Å². The lowest BCUT2D eigenvalue weighted by Crippen LogP contribution is -2.23. The molecular formula is C11H12BrFN2. The molecule has 80 valence electrons. The summed E-state index contributed by atoms with van der Waals surface area (Å²) in [6.07, 6.45) is 0. The standard InChI is InChI=1S/C11H12BrFN2/c1-2-15(7-6-14)8-9-4-3-5-10(13)11(9)12/h3-5H,2,7-8H2,1H3. The van der Waals surface area contributed by atoms with E-state index in [-0.39, 0.29) is 5.82 Å². The van der Waals surface area contributed by atoms with Gasteiger partial charge in [0, 0.05) is 6.54 Å². The van der Waals surface area contributed by atoms with Gasteiger partial charge in [0.25, 0.3) is 0 Å². The minimum absolute atomic E-state index is 0.263. The Bertz CT molecular complexity index is 373. The van der Waals surface area contributed by atoms with Crippen molar-refractivity contribution < 1.29 is 4.39 Å². The van der Waals surface area contributed by atoms with E-state index in [1.165, 1.54) is 6.07 Å². The van der Waals surface area contributed by atoms with Gasteiger partial charge < -0.3 is 0 Å². The topological polar surface area (TPSA) is 27.0 Å². The monoisotopic (exact) mass is 270 g/mol. The minimum atomic E-state index is -0.263.